The summed E-state index contributed by atoms with van der Waals surface area (Å²) in [6.07, 6.45) is 1.46. The lowest BCUT2D eigenvalue weighted by atomic mass is 10.1. The summed E-state index contributed by atoms with van der Waals surface area (Å²) in [5.74, 6) is 1.22. The number of benzene rings is 2. The number of hydrogen-bond acceptors (Lipinski definition) is 4. The van der Waals surface area contributed by atoms with Crippen LogP contribution in [0.3, 0.4) is 0 Å². The van der Waals surface area contributed by atoms with Gasteiger partial charge >= 0.3 is 0 Å². The van der Waals surface area contributed by atoms with Crippen molar-refractivity contribution in [3.63, 3.8) is 0 Å². The van der Waals surface area contributed by atoms with Gasteiger partial charge in [-0.1, -0.05) is 23.8 Å². The summed E-state index contributed by atoms with van der Waals surface area (Å²) in [6.45, 7) is 7.31. The minimum absolute atomic E-state index is 0.00792. The fourth-order valence-electron chi connectivity index (χ4n) is 3.37. The van der Waals surface area contributed by atoms with Gasteiger partial charge in [0.2, 0.25) is 0 Å². The van der Waals surface area contributed by atoms with Crippen LogP contribution in [0.1, 0.15) is 29.5 Å². The zero-order valence-corrected chi connectivity index (χ0v) is 17.9. The van der Waals surface area contributed by atoms with E-state index in [1.807, 2.05) is 63.2 Å². The summed E-state index contributed by atoms with van der Waals surface area (Å²) in [6, 6.07) is 13.5. The van der Waals surface area contributed by atoms with Gasteiger partial charge in [-0.3, -0.25) is 9.59 Å². The van der Waals surface area contributed by atoms with Gasteiger partial charge in [-0.05, 0) is 69.0 Å². The van der Waals surface area contributed by atoms with Gasteiger partial charge in [0.1, 0.15) is 11.5 Å². The van der Waals surface area contributed by atoms with Crippen LogP contribution in [0.25, 0.3) is 0 Å². The molecular formula is C24H30N2O4. The maximum atomic E-state index is 12.4. The lowest BCUT2D eigenvalue weighted by molar-refractivity contribution is -0.134. The average molecular weight is 411 g/mol. The molecule has 0 aliphatic carbocycles. The van der Waals surface area contributed by atoms with Crippen molar-refractivity contribution in [3.8, 4) is 11.5 Å². The van der Waals surface area contributed by atoms with Crippen molar-refractivity contribution in [1.29, 1.82) is 0 Å². The van der Waals surface area contributed by atoms with Gasteiger partial charge in [-0.15, -0.1) is 0 Å². The van der Waals surface area contributed by atoms with E-state index in [4.69, 9.17) is 9.47 Å². The average Bonchev–Trinajstić information content (AvgIpc) is 2.74. The Kier molecular flexibility index (Phi) is 7.33. The molecule has 0 bridgehead atoms. The number of nitrogens with one attached hydrogen (secondary N) is 1. The molecule has 2 amide bonds. The van der Waals surface area contributed by atoms with Crippen molar-refractivity contribution in [2.75, 3.05) is 26.3 Å². The first-order valence-corrected chi connectivity index (χ1v) is 10.4. The standard InChI is InChI=1S/C24H30N2O4/c1-17-4-7-21(8-5-17)29-15-23(27)25-20-10-12-26(13-11-20)24(28)16-30-22-9-6-18(2)19(3)14-22/h4-9,14,20H,10-13,15-16H2,1-3H3,(H,25,27). The van der Waals surface area contributed by atoms with E-state index < -0.39 is 0 Å². The molecule has 0 saturated carbocycles. The van der Waals surface area contributed by atoms with Crippen molar-refractivity contribution in [3.05, 3.63) is 59.2 Å². The Labute approximate surface area is 178 Å². The molecule has 3 rings (SSSR count). The van der Waals surface area contributed by atoms with Crippen molar-refractivity contribution in [1.82, 2.24) is 10.2 Å². The van der Waals surface area contributed by atoms with Gasteiger partial charge in [-0.2, -0.15) is 0 Å². The Morgan fingerprint density at radius 1 is 0.900 bits per heavy atom. The molecule has 1 aliphatic heterocycles. The number of nitrogens with zero attached hydrogens (tertiary/aromatic N) is 1. The Bertz CT molecular complexity index is 871. The maximum Gasteiger partial charge on any atom is 0.260 e. The monoisotopic (exact) mass is 410 g/mol. The summed E-state index contributed by atoms with van der Waals surface area (Å²) < 4.78 is 11.2. The number of ether oxygens (including phenoxy) is 2. The zero-order chi connectivity index (χ0) is 21.5. The third-order valence-electron chi connectivity index (χ3n) is 5.44. The lowest BCUT2D eigenvalue weighted by Gasteiger charge is -2.32. The second-order valence-electron chi connectivity index (χ2n) is 7.86. The summed E-state index contributed by atoms with van der Waals surface area (Å²) in [5, 5.41) is 3.00. The Morgan fingerprint density at radius 2 is 1.53 bits per heavy atom. The number of aryl methyl sites for hydroxylation is 3. The molecule has 6 heteroatoms. The Hall–Kier alpha value is -3.02. The Morgan fingerprint density at radius 3 is 2.20 bits per heavy atom. The predicted octanol–water partition coefficient (Wildman–Crippen LogP) is 3.18. The number of piperidine rings is 1. The normalized spacial score (nSPS) is 14.3. The Balaban J connectivity index is 1.36. The van der Waals surface area contributed by atoms with Crippen molar-refractivity contribution >= 4 is 11.8 Å². The minimum Gasteiger partial charge on any atom is -0.484 e. The molecule has 1 fully saturated rings. The number of carbonyl (C=O) groups excluding carboxylic acids is 2. The number of rotatable bonds is 7. The summed E-state index contributed by atoms with van der Waals surface area (Å²) in [7, 11) is 0. The van der Waals surface area contributed by atoms with E-state index in [1.165, 1.54) is 5.56 Å². The highest BCUT2D eigenvalue weighted by molar-refractivity contribution is 5.79. The molecule has 0 spiro atoms. The molecule has 30 heavy (non-hydrogen) atoms. The molecule has 2 aromatic carbocycles. The summed E-state index contributed by atoms with van der Waals surface area (Å²) >= 11 is 0. The van der Waals surface area contributed by atoms with E-state index in [9.17, 15) is 9.59 Å². The van der Waals surface area contributed by atoms with Crippen LogP contribution >= 0.6 is 0 Å². The molecule has 1 aliphatic rings. The first-order valence-electron chi connectivity index (χ1n) is 10.4. The van der Waals surface area contributed by atoms with E-state index in [2.05, 4.69) is 5.32 Å². The van der Waals surface area contributed by atoms with Crippen LogP contribution in [-0.2, 0) is 9.59 Å². The van der Waals surface area contributed by atoms with Crippen LogP contribution in [0, 0.1) is 20.8 Å². The van der Waals surface area contributed by atoms with Crippen molar-refractivity contribution in [2.24, 2.45) is 0 Å². The van der Waals surface area contributed by atoms with E-state index in [0.717, 1.165) is 24.0 Å². The number of amides is 2. The quantitative estimate of drug-likeness (QED) is 0.761. The van der Waals surface area contributed by atoms with Gasteiger partial charge in [0.05, 0.1) is 0 Å². The summed E-state index contributed by atoms with van der Waals surface area (Å²) in [4.78, 5) is 26.4. The topological polar surface area (TPSA) is 67.9 Å². The molecule has 0 atom stereocenters. The van der Waals surface area contributed by atoms with E-state index in [-0.39, 0.29) is 31.1 Å². The minimum atomic E-state index is -0.140. The van der Waals surface area contributed by atoms with Crippen LogP contribution in [0.15, 0.2) is 42.5 Å². The SMILES string of the molecule is Cc1ccc(OCC(=O)NC2CCN(C(=O)COc3ccc(C)c(C)c3)CC2)cc1. The van der Waals surface area contributed by atoms with Gasteiger partial charge in [0.25, 0.3) is 11.8 Å². The highest BCUT2D eigenvalue weighted by atomic mass is 16.5. The van der Waals surface area contributed by atoms with Gasteiger partial charge < -0.3 is 19.7 Å². The van der Waals surface area contributed by atoms with Crippen LogP contribution in [0.2, 0.25) is 0 Å². The molecule has 0 radical (unpaired) electrons. The van der Waals surface area contributed by atoms with Crippen molar-refractivity contribution < 1.29 is 19.1 Å². The molecule has 160 valence electrons. The molecule has 2 aromatic rings. The number of carbonyl (C=O) groups is 2. The van der Waals surface area contributed by atoms with Crippen LogP contribution in [0.4, 0.5) is 0 Å². The largest absolute Gasteiger partial charge is 0.484 e. The molecule has 1 N–H and O–H groups in total. The lowest BCUT2D eigenvalue weighted by Crippen LogP contribution is -2.48. The smallest absolute Gasteiger partial charge is 0.260 e. The van der Waals surface area contributed by atoms with Gasteiger partial charge in [-0.25, -0.2) is 0 Å². The van der Waals surface area contributed by atoms with Gasteiger partial charge in [0.15, 0.2) is 13.2 Å². The highest BCUT2D eigenvalue weighted by Crippen LogP contribution is 2.17. The fraction of sp³-hybridized carbons (Fsp3) is 0.417. The van der Waals surface area contributed by atoms with Gasteiger partial charge in [0, 0.05) is 19.1 Å². The second kappa shape index (κ2) is 10.1. The van der Waals surface area contributed by atoms with Crippen LogP contribution in [0.5, 0.6) is 11.5 Å². The van der Waals surface area contributed by atoms with Crippen LogP contribution < -0.4 is 14.8 Å². The molecule has 0 aromatic heterocycles. The molecule has 1 heterocycles. The molecule has 1 saturated heterocycles. The third-order valence-corrected chi connectivity index (χ3v) is 5.44. The number of hydrogen-bond donors (Lipinski definition) is 1. The predicted molar refractivity (Wildman–Crippen MR) is 116 cm³/mol. The molecular weight excluding hydrogens is 380 g/mol. The van der Waals surface area contributed by atoms with E-state index >= 15 is 0 Å². The zero-order valence-electron chi connectivity index (χ0n) is 17.9. The second-order valence-corrected chi connectivity index (χ2v) is 7.86. The first-order chi connectivity index (χ1) is 14.4. The number of likely N-dealkylation sites (tertiary alicyclic amines) is 1. The van der Waals surface area contributed by atoms with E-state index in [0.29, 0.717) is 24.6 Å². The molecule has 0 unspecified atom stereocenters. The van der Waals surface area contributed by atoms with Crippen molar-refractivity contribution in [2.45, 2.75) is 39.7 Å². The van der Waals surface area contributed by atoms with Crippen LogP contribution in [-0.4, -0.2) is 49.1 Å². The maximum absolute atomic E-state index is 12.4. The molecule has 6 nitrogen and oxygen atoms in total. The highest BCUT2D eigenvalue weighted by Gasteiger charge is 2.24. The summed E-state index contributed by atoms with van der Waals surface area (Å²) in [5.41, 5.74) is 3.48. The third kappa shape index (κ3) is 6.24. The fourth-order valence-corrected chi connectivity index (χ4v) is 3.37. The first kappa shape index (κ1) is 21.7. The van der Waals surface area contributed by atoms with E-state index in [1.54, 1.807) is 4.90 Å².